The predicted molar refractivity (Wildman–Crippen MR) is 115 cm³/mol. The van der Waals surface area contributed by atoms with Gasteiger partial charge < -0.3 is 4.74 Å². The van der Waals surface area contributed by atoms with Crippen LogP contribution < -0.4 is 9.64 Å². The lowest BCUT2D eigenvalue weighted by Gasteiger charge is -2.15. The molecular formula is C18H14BrNO2S3. The molecule has 0 spiro atoms. The van der Waals surface area contributed by atoms with Crippen LogP contribution >= 0.6 is 51.7 Å². The maximum atomic E-state index is 12.8. The maximum Gasteiger partial charge on any atom is 0.270 e. The number of ether oxygens (including phenoxy) is 1. The first-order valence-electron chi connectivity index (χ1n) is 7.29. The highest BCUT2D eigenvalue weighted by Gasteiger charge is 2.33. The average Bonchev–Trinajstić information content (AvgIpc) is 2.88. The number of rotatable bonds is 4. The van der Waals surface area contributed by atoms with Gasteiger partial charge in [-0.3, -0.25) is 9.69 Å². The van der Waals surface area contributed by atoms with Crippen LogP contribution in [0.3, 0.4) is 0 Å². The van der Waals surface area contributed by atoms with Crippen LogP contribution in [0.15, 0.2) is 56.7 Å². The highest BCUT2D eigenvalue weighted by atomic mass is 79.9. The fourth-order valence-electron chi connectivity index (χ4n) is 2.36. The first-order valence-corrected chi connectivity index (χ1v) is 10.5. The van der Waals surface area contributed by atoms with Crippen molar-refractivity contribution in [3.63, 3.8) is 0 Å². The van der Waals surface area contributed by atoms with Crippen molar-refractivity contribution >= 4 is 73.7 Å². The number of halogens is 1. The van der Waals surface area contributed by atoms with E-state index in [1.807, 2.05) is 54.8 Å². The monoisotopic (exact) mass is 451 g/mol. The van der Waals surface area contributed by atoms with Gasteiger partial charge in [-0.2, -0.15) is 0 Å². The van der Waals surface area contributed by atoms with Gasteiger partial charge >= 0.3 is 0 Å². The molecule has 0 aliphatic carbocycles. The number of thiocarbonyl (C=S) groups is 1. The predicted octanol–water partition coefficient (Wildman–Crippen LogP) is 5.59. The van der Waals surface area contributed by atoms with Crippen molar-refractivity contribution in [2.75, 3.05) is 18.3 Å². The molecule has 1 heterocycles. The van der Waals surface area contributed by atoms with E-state index in [0.717, 1.165) is 26.4 Å². The van der Waals surface area contributed by atoms with Crippen LogP contribution in [0.25, 0.3) is 6.08 Å². The molecule has 1 amide bonds. The van der Waals surface area contributed by atoms with E-state index in [0.29, 0.717) is 9.23 Å². The number of carbonyl (C=O) groups is 1. The Balaban J connectivity index is 1.91. The number of amides is 1. The van der Waals surface area contributed by atoms with E-state index >= 15 is 0 Å². The molecule has 0 saturated carbocycles. The Bertz CT molecular complexity index is 882. The Hall–Kier alpha value is -1.28. The van der Waals surface area contributed by atoms with Crippen LogP contribution in [0.4, 0.5) is 5.69 Å². The third-order valence-electron chi connectivity index (χ3n) is 3.58. The van der Waals surface area contributed by atoms with E-state index in [2.05, 4.69) is 15.9 Å². The summed E-state index contributed by atoms with van der Waals surface area (Å²) in [5, 5.41) is 0. The molecule has 1 aliphatic heterocycles. The molecule has 0 aromatic heterocycles. The molecule has 2 aromatic rings. The SMILES string of the molecule is COc1ccc(/C=C2/SC(=S)N(c3cccc(SC)c3)C2=O)cc1Br. The number of carbonyl (C=O) groups excluding carboxylic acids is 1. The van der Waals surface area contributed by atoms with Crippen molar-refractivity contribution < 1.29 is 9.53 Å². The Morgan fingerprint density at radius 1 is 1.28 bits per heavy atom. The van der Waals surface area contributed by atoms with Crippen LogP contribution in [-0.2, 0) is 4.79 Å². The number of hydrogen-bond donors (Lipinski definition) is 0. The quantitative estimate of drug-likeness (QED) is 0.343. The van der Waals surface area contributed by atoms with Crippen LogP contribution in [0.5, 0.6) is 5.75 Å². The molecule has 0 unspecified atom stereocenters. The van der Waals surface area contributed by atoms with Gasteiger partial charge in [0.15, 0.2) is 4.32 Å². The van der Waals surface area contributed by atoms with Crippen molar-refractivity contribution in [3.8, 4) is 5.75 Å². The molecule has 3 rings (SSSR count). The van der Waals surface area contributed by atoms with Gasteiger partial charge in [-0.15, -0.1) is 11.8 Å². The number of thioether (sulfide) groups is 2. The highest BCUT2D eigenvalue weighted by Crippen LogP contribution is 2.37. The summed E-state index contributed by atoms with van der Waals surface area (Å²) in [5.74, 6) is 0.652. The van der Waals surface area contributed by atoms with E-state index in [-0.39, 0.29) is 5.91 Å². The molecule has 1 fully saturated rings. The van der Waals surface area contributed by atoms with Gasteiger partial charge in [0.2, 0.25) is 0 Å². The Morgan fingerprint density at radius 3 is 2.76 bits per heavy atom. The van der Waals surface area contributed by atoms with Crippen molar-refractivity contribution in [3.05, 3.63) is 57.4 Å². The zero-order valence-electron chi connectivity index (χ0n) is 13.5. The van der Waals surface area contributed by atoms with E-state index in [1.165, 1.54) is 11.8 Å². The maximum absolute atomic E-state index is 12.8. The second kappa shape index (κ2) is 7.95. The lowest BCUT2D eigenvalue weighted by Crippen LogP contribution is -2.27. The molecule has 0 bridgehead atoms. The first-order chi connectivity index (χ1) is 12.0. The smallest absolute Gasteiger partial charge is 0.270 e. The number of methoxy groups -OCH3 is 1. The second-order valence-electron chi connectivity index (χ2n) is 5.11. The van der Waals surface area contributed by atoms with Gasteiger partial charge in [0.1, 0.15) is 5.75 Å². The van der Waals surface area contributed by atoms with Crippen molar-refractivity contribution in [1.29, 1.82) is 0 Å². The summed E-state index contributed by atoms with van der Waals surface area (Å²) < 4.78 is 6.62. The van der Waals surface area contributed by atoms with Gasteiger partial charge in [-0.25, -0.2) is 0 Å². The molecule has 25 heavy (non-hydrogen) atoms. The number of benzene rings is 2. The summed E-state index contributed by atoms with van der Waals surface area (Å²) >= 11 is 11.8. The lowest BCUT2D eigenvalue weighted by molar-refractivity contribution is -0.113. The van der Waals surface area contributed by atoms with Crippen molar-refractivity contribution in [2.45, 2.75) is 4.90 Å². The Kier molecular flexibility index (Phi) is 5.89. The van der Waals surface area contributed by atoms with Gasteiger partial charge in [-0.05, 0) is 64.2 Å². The second-order valence-corrected chi connectivity index (χ2v) is 8.52. The molecule has 128 valence electrons. The van der Waals surface area contributed by atoms with Gasteiger partial charge in [-0.1, -0.05) is 36.1 Å². The molecule has 0 atom stereocenters. The standard InChI is InChI=1S/C18H14BrNO2S3/c1-22-15-7-6-11(8-14(15)19)9-16-17(21)20(18(23)25-16)12-4-3-5-13(10-12)24-2/h3-10H,1-2H3/b16-9+. The van der Waals surface area contributed by atoms with Gasteiger partial charge in [0.25, 0.3) is 5.91 Å². The van der Waals surface area contributed by atoms with Crippen LogP contribution in [-0.4, -0.2) is 23.6 Å². The van der Waals surface area contributed by atoms with E-state index in [9.17, 15) is 4.79 Å². The molecule has 0 radical (unpaired) electrons. The Morgan fingerprint density at radius 2 is 2.08 bits per heavy atom. The Labute approximate surface area is 168 Å². The van der Waals surface area contributed by atoms with Gasteiger partial charge in [0, 0.05) is 4.90 Å². The summed E-state index contributed by atoms with van der Waals surface area (Å²) in [7, 11) is 1.62. The fraction of sp³-hybridized carbons (Fsp3) is 0.111. The summed E-state index contributed by atoms with van der Waals surface area (Å²) in [4.78, 5) is 16.1. The van der Waals surface area contributed by atoms with Crippen LogP contribution in [0.1, 0.15) is 5.56 Å². The van der Waals surface area contributed by atoms with Crippen molar-refractivity contribution in [2.24, 2.45) is 0 Å². The van der Waals surface area contributed by atoms with Crippen LogP contribution in [0, 0.1) is 0 Å². The zero-order valence-corrected chi connectivity index (χ0v) is 17.5. The molecule has 0 N–H and O–H groups in total. The summed E-state index contributed by atoms with van der Waals surface area (Å²) in [6.45, 7) is 0. The highest BCUT2D eigenvalue weighted by molar-refractivity contribution is 9.10. The normalized spacial score (nSPS) is 16.0. The summed E-state index contributed by atoms with van der Waals surface area (Å²) in [5.41, 5.74) is 1.71. The third kappa shape index (κ3) is 3.95. The summed E-state index contributed by atoms with van der Waals surface area (Å²) in [6, 6.07) is 13.5. The van der Waals surface area contributed by atoms with Crippen LogP contribution in [0.2, 0.25) is 0 Å². The minimum atomic E-state index is -0.0970. The first kappa shape index (κ1) is 18.5. The van der Waals surface area contributed by atoms with E-state index in [1.54, 1.807) is 23.8 Å². The molecule has 2 aromatic carbocycles. The largest absolute Gasteiger partial charge is 0.496 e. The number of nitrogens with zero attached hydrogens (tertiary/aromatic N) is 1. The molecule has 3 nitrogen and oxygen atoms in total. The molecular weight excluding hydrogens is 438 g/mol. The lowest BCUT2D eigenvalue weighted by atomic mass is 10.2. The number of hydrogen-bond acceptors (Lipinski definition) is 5. The van der Waals surface area contributed by atoms with Gasteiger partial charge in [0.05, 0.1) is 22.2 Å². The van der Waals surface area contributed by atoms with E-state index < -0.39 is 0 Å². The van der Waals surface area contributed by atoms with Crippen molar-refractivity contribution in [1.82, 2.24) is 0 Å². The minimum absolute atomic E-state index is 0.0970. The molecule has 1 aliphatic rings. The fourth-order valence-corrected chi connectivity index (χ4v) is 4.67. The zero-order chi connectivity index (χ0) is 18.0. The minimum Gasteiger partial charge on any atom is -0.496 e. The molecule has 1 saturated heterocycles. The number of anilines is 1. The average molecular weight is 452 g/mol. The van der Waals surface area contributed by atoms with E-state index in [4.69, 9.17) is 17.0 Å². The topological polar surface area (TPSA) is 29.5 Å². The molecule has 7 heteroatoms. The summed E-state index contributed by atoms with van der Waals surface area (Å²) in [6.07, 6.45) is 3.85. The third-order valence-corrected chi connectivity index (χ3v) is 6.23.